The Bertz CT molecular complexity index is 1270. The fourth-order valence-corrected chi connectivity index (χ4v) is 4.17. The van der Waals surface area contributed by atoms with Crippen molar-refractivity contribution in [3.05, 3.63) is 100 Å². The molecule has 1 aliphatic rings. The van der Waals surface area contributed by atoms with Crippen molar-refractivity contribution in [2.75, 3.05) is 11.9 Å². The molecule has 0 aliphatic carbocycles. The first kappa shape index (κ1) is 23.3. The van der Waals surface area contributed by atoms with Crippen molar-refractivity contribution in [2.45, 2.75) is 13.5 Å². The van der Waals surface area contributed by atoms with Gasteiger partial charge in [0.15, 0.2) is 6.61 Å². The highest BCUT2D eigenvalue weighted by Gasteiger charge is 2.35. The molecule has 1 saturated heterocycles. The largest absolute Gasteiger partial charge is 0.483 e. The number of nitrogens with one attached hydrogen (secondary N) is 1. The molecule has 0 spiro atoms. The number of rotatable bonds is 7. The number of imide groups is 1. The average Bonchev–Trinajstić information content (AvgIpc) is 3.07. The van der Waals surface area contributed by atoms with Crippen LogP contribution in [0.3, 0.4) is 0 Å². The normalized spacial score (nSPS) is 14.5. The summed E-state index contributed by atoms with van der Waals surface area (Å²) in [5, 5.41) is 2.37. The molecule has 34 heavy (non-hydrogen) atoms. The lowest BCUT2D eigenvalue weighted by Crippen LogP contribution is -2.27. The van der Waals surface area contributed by atoms with Crippen molar-refractivity contribution >= 4 is 40.6 Å². The molecule has 3 aromatic carbocycles. The molecule has 8 heteroatoms. The summed E-state index contributed by atoms with van der Waals surface area (Å²) in [6.07, 6.45) is 1.57. The maximum atomic E-state index is 13.1. The van der Waals surface area contributed by atoms with Crippen LogP contribution < -0.4 is 10.1 Å². The van der Waals surface area contributed by atoms with Crippen LogP contribution in [0.1, 0.15) is 16.7 Å². The van der Waals surface area contributed by atoms with E-state index in [2.05, 4.69) is 5.32 Å². The number of hydrogen-bond acceptors (Lipinski definition) is 5. The molecular formula is C26H21FN2O4S. The minimum absolute atomic E-state index is 0.0551. The van der Waals surface area contributed by atoms with Crippen molar-refractivity contribution < 1.29 is 23.5 Å². The van der Waals surface area contributed by atoms with Gasteiger partial charge >= 0.3 is 0 Å². The third-order valence-corrected chi connectivity index (χ3v) is 5.90. The number of aryl methyl sites for hydroxylation is 1. The lowest BCUT2D eigenvalue weighted by atomic mass is 10.1. The van der Waals surface area contributed by atoms with Crippen molar-refractivity contribution in [2.24, 2.45) is 0 Å². The number of thioether (sulfide) groups is 1. The third-order valence-electron chi connectivity index (χ3n) is 4.99. The Morgan fingerprint density at radius 1 is 1.06 bits per heavy atom. The van der Waals surface area contributed by atoms with E-state index >= 15 is 0 Å². The predicted molar refractivity (Wildman–Crippen MR) is 130 cm³/mol. The van der Waals surface area contributed by atoms with Crippen molar-refractivity contribution in [3.63, 3.8) is 0 Å². The minimum atomic E-state index is -0.439. The molecule has 1 aliphatic heterocycles. The Labute approximate surface area is 200 Å². The molecule has 4 rings (SSSR count). The number of benzene rings is 3. The zero-order valence-corrected chi connectivity index (χ0v) is 19.1. The van der Waals surface area contributed by atoms with Crippen LogP contribution >= 0.6 is 11.8 Å². The van der Waals surface area contributed by atoms with E-state index in [0.29, 0.717) is 22.6 Å². The summed E-state index contributed by atoms with van der Waals surface area (Å²) in [5.74, 6) is -0.736. The molecule has 0 atom stereocenters. The van der Waals surface area contributed by atoms with E-state index in [9.17, 15) is 18.8 Å². The monoisotopic (exact) mass is 476 g/mol. The second kappa shape index (κ2) is 10.4. The fourth-order valence-electron chi connectivity index (χ4n) is 3.34. The van der Waals surface area contributed by atoms with E-state index in [1.165, 1.54) is 24.3 Å². The molecule has 0 unspecified atom stereocenters. The summed E-state index contributed by atoms with van der Waals surface area (Å²) in [6.45, 7) is 1.77. The summed E-state index contributed by atoms with van der Waals surface area (Å²) in [6, 6.07) is 20.0. The molecular weight excluding hydrogens is 455 g/mol. The van der Waals surface area contributed by atoms with E-state index in [1.54, 1.807) is 36.4 Å². The molecule has 0 saturated carbocycles. The number of halogens is 1. The molecule has 0 aromatic heterocycles. The topological polar surface area (TPSA) is 75.7 Å². The molecule has 3 aromatic rings. The lowest BCUT2D eigenvalue weighted by molar-refractivity contribution is -0.123. The van der Waals surface area contributed by atoms with Crippen molar-refractivity contribution in [3.8, 4) is 5.75 Å². The maximum absolute atomic E-state index is 13.1. The van der Waals surface area contributed by atoms with Crippen LogP contribution in [0.4, 0.5) is 14.9 Å². The van der Waals surface area contributed by atoms with Gasteiger partial charge in [0.2, 0.25) is 0 Å². The Hall–Kier alpha value is -3.91. The van der Waals surface area contributed by atoms with Gasteiger partial charge in [0, 0.05) is 11.3 Å². The minimum Gasteiger partial charge on any atom is -0.483 e. The SMILES string of the molecule is Cc1cccc(NC(=O)COc2ccccc2/C=C2\SC(=O)N(Cc3ccc(F)cc3)C2=O)c1. The van der Waals surface area contributed by atoms with Gasteiger partial charge in [-0.15, -0.1) is 0 Å². The van der Waals surface area contributed by atoms with Crippen LogP contribution in [-0.4, -0.2) is 28.6 Å². The van der Waals surface area contributed by atoms with Gasteiger partial charge in [0.05, 0.1) is 11.4 Å². The molecule has 1 heterocycles. The summed E-state index contributed by atoms with van der Waals surface area (Å²) in [7, 11) is 0. The zero-order valence-electron chi connectivity index (χ0n) is 18.3. The van der Waals surface area contributed by atoms with Crippen LogP contribution in [-0.2, 0) is 16.1 Å². The number of nitrogens with zero attached hydrogens (tertiary/aromatic N) is 1. The van der Waals surface area contributed by atoms with E-state index in [-0.39, 0.29) is 29.8 Å². The zero-order chi connectivity index (χ0) is 24.1. The third kappa shape index (κ3) is 5.71. The Balaban J connectivity index is 1.44. The quantitative estimate of drug-likeness (QED) is 0.463. The Kier molecular flexibility index (Phi) is 7.08. The van der Waals surface area contributed by atoms with Crippen LogP contribution in [0.25, 0.3) is 6.08 Å². The molecule has 0 radical (unpaired) electrons. The summed E-state index contributed by atoms with van der Waals surface area (Å²) in [5.41, 5.74) is 2.92. The van der Waals surface area contributed by atoms with Gasteiger partial charge < -0.3 is 10.1 Å². The summed E-state index contributed by atoms with van der Waals surface area (Å²) < 4.78 is 18.8. The molecule has 3 amide bonds. The highest BCUT2D eigenvalue weighted by Crippen LogP contribution is 2.34. The van der Waals surface area contributed by atoms with Crippen LogP contribution in [0, 0.1) is 12.7 Å². The van der Waals surface area contributed by atoms with Gasteiger partial charge in [-0.3, -0.25) is 19.3 Å². The molecule has 1 N–H and O–H groups in total. The first-order valence-electron chi connectivity index (χ1n) is 10.5. The van der Waals surface area contributed by atoms with Crippen LogP contribution in [0.5, 0.6) is 5.75 Å². The summed E-state index contributed by atoms with van der Waals surface area (Å²) >= 11 is 0.825. The van der Waals surface area contributed by atoms with Crippen molar-refractivity contribution in [1.82, 2.24) is 4.90 Å². The number of hydrogen-bond donors (Lipinski definition) is 1. The number of ether oxygens (including phenoxy) is 1. The fraction of sp³-hybridized carbons (Fsp3) is 0.115. The number of para-hydroxylation sites is 1. The second-order valence-corrected chi connectivity index (χ2v) is 8.63. The Morgan fingerprint density at radius 2 is 1.82 bits per heavy atom. The second-order valence-electron chi connectivity index (χ2n) is 7.64. The maximum Gasteiger partial charge on any atom is 0.293 e. The van der Waals surface area contributed by atoms with Gasteiger partial charge in [0.25, 0.3) is 17.1 Å². The highest BCUT2D eigenvalue weighted by molar-refractivity contribution is 8.18. The standard InChI is InChI=1S/C26H21FN2O4S/c1-17-5-4-7-21(13-17)28-24(30)16-33-22-8-3-2-6-19(22)14-23-25(31)29(26(32)34-23)15-18-9-11-20(27)12-10-18/h2-14H,15-16H2,1H3,(H,28,30)/b23-14-. The van der Waals surface area contributed by atoms with Crippen LogP contribution in [0.15, 0.2) is 77.7 Å². The van der Waals surface area contributed by atoms with E-state index in [4.69, 9.17) is 4.74 Å². The average molecular weight is 477 g/mol. The predicted octanol–water partition coefficient (Wildman–Crippen LogP) is 5.39. The first-order chi connectivity index (χ1) is 16.4. The molecule has 172 valence electrons. The van der Waals surface area contributed by atoms with E-state index < -0.39 is 11.1 Å². The van der Waals surface area contributed by atoms with Gasteiger partial charge in [-0.1, -0.05) is 42.5 Å². The van der Waals surface area contributed by atoms with E-state index in [1.807, 2.05) is 25.1 Å². The van der Waals surface area contributed by atoms with Crippen LogP contribution in [0.2, 0.25) is 0 Å². The van der Waals surface area contributed by atoms with Gasteiger partial charge in [-0.25, -0.2) is 4.39 Å². The summed E-state index contributed by atoms with van der Waals surface area (Å²) in [4.78, 5) is 38.9. The highest BCUT2D eigenvalue weighted by atomic mass is 32.2. The number of anilines is 1. The molecule has 1 fully saturated rings. The smallest absolute Gasteiger partial charge is 0.293 e. The molecule has 6 nitrogen and oxygen atoms in total. The number of amides is 3. The molecule has 0 bridgehead atoms. The Morgan fingerprint density at radius 3 is 2.59 bits per heavy atom. The number of carbonyl (C=O) groups excluding carboxylic acids is 3. The first-order valence-corrected chi connectivity index (χ1v) is 11.3. The van der Waals surface area contributed by atoms with Gasteiger partial charge in [0.1, 0.15) is 11.6 Å². The van der Waals surface area contributed by atoms with E-state index in [0.717, 1.165) is 22.2 Å². The number of carbonyl (C=O) groups is 3. The van der Waals surface area contributed by atoms with Crippen molar-refractivity contribution in [1.29, 1.82) is 0 Å². The lowest BCUT2D eigenvalue weighted by Gasteiger charge is -2.12. The van der Waals surface area contributed by atoms with Gasteiger partial charge in [-0.05, 0) is 66.2 Å². The van der Waals surface area contributed by atoms with Gasteiger partial charge in [-0.2, -0.15) is 0 Å².